The fraction of sp³-hybridized carbons (Fsp3) is 0.889. The van der Waals surface area contributed by atoms with Gasteiger partial charge in [-0.1, -0.05) is 0 Å². The number of carbonyl (C=O) groups is 1. The number of hydrogen-bond donors (Lipinski definition) is 1. The highest BCUT2D eigenvalue weighted by molar-refractivity contribution is 5.81. The fourth-order valence-electron chi connectivity index (χ4n) is 1.43. The van der Waals surface area contributed by atoms with Gasteiger partial charge in [-0.3, -0.25) is 4.79 Å². The molecule has 2 atom stereocenters. The van der Waals surface area contributed by atoms with Crippen molar-refractivity contribution < 1.29 is 19.4 Å². The number of carbonyl (C=O) groups excluding carboxylic acids is 1. The van der Waals surface area contributed by atoms with Gasteiger partial charge < -0.3 is 19.5 Å². The normalized spacial score (nSPS) is 24.8. The van der Waals surface area contributed by atoms with E-state index >= 15 is 0 Å². The average molecular weight is 203 g/mol. The van der Waals surface area contributed by atoms with Gasteiger partial charge in [0.25, 0.3) is 5.91 Å². The first kappa shape index (κ1) is 11.4. The van der Waals surface area contributed by atoms with E-state index in [1.54, 1.807) is 11.8 Å². The van der Waals surface area contributed by atoms with Crippen molar-refractivity contribution >= 4 is 5.91 Å². The van der Waals surface area contributed by atoms with Gasteiger partial charge in [0.05, 0.1) is 25.9 Å². The van der Waals surface area contributed by atoms with E-state index < -0.39 is 6.10 Å². The molecule has 1 aliphatic rings. The van der Waals surface area contributed by atoms with Crippen LogP contribution in [0.1, 0.15) is 6.92 Å². The van der Waals surface area contributed by atoms with Crippen LogP contribution in [0.25, 0.3) is 0 Å². The molecular weight excluding hydrogens is 186 g/mol. The van der Waals surface area contributed by atoms with Crippen LogP contribution in [0.2, 0.25) is 0 Å². The van der Waals surface area contributed by atoms with Crippen molar-refractivity contribution in [3.63, 3.8) is 0 Å². The number of amides is 1. The van der Waals surface area contributed by atoms with Gasteiger partial charge in [0.2, 0.25) is 0 Å². The molecule has 0 aromatic rings. The number of methoxy groups -OCH3 is 1. The minimum Gasteiger partial charge on any atom is -0.394 e. The lowest BCUT2D eigenvalue weighted by Crippen LogP contribution is -2.53. The zero-order chi connectivity index (χ0) is 10.6. The summed E-state index contributed by atoms with van der Waals surface area (Å²) in [6.07, 6.45) is -0.456. The Morgan fingerprint density at radius 2 is 2.50 bits per heavy atom. The Kier molecular flexibility index (Phi) is 4.31. The first-order valence-electron chi connectivity index (χ1n) is 4.72. The standard InChI is InChI=1S/C9H17NO4/c1-7(13-2)9(12)10-3-4-14-6-8(10)5-11/h7-8,11H,3-6H2,1-2H3. The Labute approximate surface area is 83.6 Å². The fourth-order valence-corrected chi connectivity index (χ4v) is 1.43. The van der Waals surface area contributed by atoms with Crippen molar-refractivity contribution in [2.45, 2.75) is 19.1 Å². The summed E-state index contributed by atoms with van der Waals surface area (Å²) in [4.78, 5) is 13.4. The molecule has 1 amide bonds. The zero-order valence-corrected chi connectivity index (χ0v) is 8.60. The number of aliphatic hydroxyl groups excluding tert-OH is 1. The third-order valence-electron chi connectivity index (χ3n) is 2.42. The first-order chi connectivity index (χ1) is 6.70. The van der Waals surface area contributed by atoms with Gasteiger partial charge in [-0.15, -0.1) is 0 Å². The van der Waals surface area contributed by atoms with E-state index in [1.165, 1.54) is 7.11 Å². The maximum atomic E-state index is 11.7. The monoisotopic (exact) mass is 203 g/mol. The molecule has 0 saturated carbocycles. The van der Waals surface area contributed by atoms with Crippen molar-refractivity contribution in [3.8, 4) is 0 Å². The maximum absolute atomic E-state index is 11.7. The predicted molar refractivity (Wildman–Crippen MR) is 49.9 cm³/mol. The summed E-state index contributed by atoms with van der Waals surface area (Å²) in [5, 5.41) is 9.05. The summed E-state index contributed by atoms with van der Waals surface area (Å²) >= 11 is 0. The molecule has 1 fully saturated rings. The van der Waals surface area contributed by atoms with E-state index in [2.05, 4.69) is 0 Å². The summed E-state index contributed by atoms with van der Waals surface area (Å²) in [6.45, 7) is 3.09. The van der Waals surface area contributed by atoms with Crippen LogP contribution in [0.3, 0.4) is 0 Å². The van der Waals surface area contributed by atoms with E-state index in [1.807, 2.05) is 0 Å². The highest BCUT2D eigenvalue weighted by atomic mass is 16.5. The van der Waals surface area contributed by atoms with Crippen LogP contribution in [0.15, 0.2) is 0 Å². The van der Waals surface area contributed by atoms with Crippen molar-refractivity contribution in [2.24, 2.45) is 0 Å². The quantitative estimate of drug-likeness (QED) is 0.655. The summed E-state index contributed by atoms with van der Waals surface area (Å²) in [6, 6.07) is -0.228. The van der Waals surface area contributed by atoms with Crippen molar-refractivity contribution in [3.05, 3.63) is 0 Å². The van der Waals surface area contributed by atoms with Crippen LogP contribution < -0.4 is 0 Å². The second-order valence-electron chi connectivity index (χ2n) is 3.32. The summed E-state index contributed by atoms with van der Waals surface area (Å²) in [5.41, 5.74) is 0. The number of morpholine rings is 1. The molecular formula is C9H17NO4. The molecule has 0 bridgehead atoms. The Hall–Kier alpha value is -0.650. The summed E-state index contributed by atoms with van der Waals surface area (Å²) in [5.74, 6) is -0.0881. The van der Waals surface area contributed by atoms with Gasteiger partial charge in [0, 0.05) is 13.7 Å². The molecule has 0 spiro atoms. The summed E-state index contributed by atoms with van der Waals surface area (Å²) < 4.78 is 10.1. The predicted octanol–water partition coefficient (Wildman–Crippen LogP) is -0.759. The van der Waals surface area contributed by atoms with Gasteiger partial charge in [-0.2, -0.15) is 0 Å². The Balaban J connectivity index is 2.58. The van der Waals surface area contributed by atoms with Crippen molar-refractivity contribution in [2.75, 3.05) is 33.5 Å². The third kappa shape index (κ3) is 2.43. The Morgan fingerprint density at radius 1 is 1.79 bits per heavy atom. The largest absolute Gasteiger partial charge is 0.394 e. The van der Waals surface area contributed by atoms with E-state index in [0.29, 0.717) is 19.8 Å². The molecule has 1 rings (SSSR count). The van der Waals surface area contributed by atoms with Gasteiger partial charge in [-0.25, -0.2) is 0 Å². The first-order valence-corrected chi connectivity index (χ1v) is 4.72. The number of nitrogens with zero attached hydrogens (tertiary/aromatic N) is 1. The Morgan fingerprint density at radius 3 is 3.07 bits per heavy atom. The van der Waals surface area contributed by atoms with Gasteiger partial charge in [-0.05, 0) is 6.92 Å². The molecule has 0 aliphatic carbocycles. The van der Waals surface area contributed by atoms with Crippen LogP contribution in [-0.4, -0.2) is 61.5 Å². The van der Waals surface area contributed by atoms with Gasteiger partial charge >= 0.3 is 0 Å². The lowest BCUT2D eigenvalue weighted by atomic mass is 10.2. The highest BCUT2D eigenvalue weighted by Gasteiger charge is 2.29. The SMILES string of the molecule is COC(C)C(=O)N1CCOCC1CO. The van der Waals surface area contributed by atoms with Crippen LogP contribution in [0, 0.1) is 0 Å². The molecule has 2 unspecified atom stereocenters. The van der Waals surface area contributed by atoms with Gasteiger partial charge in [0.15, 0.2) is 0 Å². The molecule has 14 heavy (non-hydrogen) atoms. The third-order valence-corrected chi connectivity index (χ3v) is 2.42. The van der Waals surface area contributed by atoms with E-state index in [9.17, 15) is 4.79 Å². The molecule has 0 radical (unpaired) electrons. The molecule has 1 N–H and O–H groups in total. The van der Waals surface area contributed by atoms with E-state index in [4.69, 9.17) is 14.6 Å². The number of ether oxygens (including phenoxy) is 2. The number of rotatable bonds is 3. The molecule has 1 saturated heterocycles. The number of hydrogen-bond acceptors (Lipinski definition) is 4. The van der Waals surface area contributed by atoms with Crippen LogP contribution in [0.5, 0.6) is 0 Å². The average Bonchev–Trinajstić information content (AvgIpc) is 2.26. The van der Waals surface area contributed by atoms with Crippen LogP contribution in [0.4, 0.5) is 0 Å². The Bertz CT molecular complexity index is 197. The maximum Gasteiger partial charge on any atom is 0.251 e. The molecule has 5 heteroatoms. The lowest BCUT2D eigenvalue weighted by molar-refractivity contribution is -0.151. The molecule has 5 nitrogen and oxygen atoms in total. The minimum atomic E-state index is -0.456. The van der Waals surface area contributed by atoms with Crippen molar-refractivity contribution in [1.29, 1.82) is 0 Å². The highest BCUT2D eigenvalue weighted by Crippen LogP contribution is 2.09. The second kappa shape index (κ2) is 5.29. The molecule has 1 aliphatic heterocycles. The smallest absolute Gasteiger partial charge is 0.251 e. The number of aliphatic hydroxyl groups is 1. The van der Waals surface area contributed by atoms with E-state index in [-0.39, 0.29) is 18.6 Å². The second-order valence-corrected chi connectivity index (χ2v) is 3.32. The molecule has 0 aromatic carbocycles. The van der Waals surface area contributed by atoms with Crippen LogP contribution >= 0.6 is 0 Å². The van der Waals surface area contributed by atoms with E-state index in [0.717, 1.165) is 0 Å². The van der Waals surface area contributed by atoms with Crippen LogP contribution in [-0.2, 0) is 14.3 Å². The molecule has 82 valence electrons. The van der Waals surface area contributed by atoms with Gasteiger partial charge in [0.1, 0.15) is 6.10 Å². The minimum absolute atomic E-state index is 0.0673. The molecule has 1 heterocycles. The lowest BCUT2D eigenvalue weighted by Gasteiger charge is -2.35. The van der Waals surface area contributed by atoms with Crippen molar-refractivity contribution in [1.82, 2.24) is 4.90 Å². The zero-order valence-electron chi connectivity index (χ0n) is 8.60. The topological polar surface area (TPSA) is 59.0 Å². The molecule has 0 aromatic heterocycles. The summed E-state index contributed by atoms with van der Waals surface area (Å²) in [7, 11) is 1.50.